The van der Waals surface area contributed by atoms with E-state index in [2.05, 4.69) is 0 Å². The van der Waals surface area contributed by atoms with Crippen molar-refractivity contribution in [2.24, 2.45) is 0 Å². The Kier molecular flexibility index (Phi) is 2.50. The molecule has 0 fully saturated rings. The topological polar surface area (TPSA) is 26.4 Å². The van der Waals surface area contributed by atoms with Crippen molar-refractivity contribution in [2.45, 2.75) is 6.54 Å². The summed E-state index contributed by atoms with van der Waals surface area (Å²) in [4.78, 5) is 13.8. The highest BCUT2D eigenvalue weighted by atomic mass is 32.1. The molecule has 0 N–H and O–H groups in total. The van der Waals surface area contributed by atoms with Crippen LogP contribution in [0.5, 0.6) is 0 Å². The Hall–Kier alpha value is -2.33. The highest BCUT2D eigenvalue weighted by Crippen LogP contribution is 2.21. The lowest BCUT2D eigenvalue weighted by Crippen LogP contribution is -2.22. The Labute approximate surface area is 119 Å². The summed E-state index contributed by atoms with van der Waals surface area (Å²) in [5, 5.41) is 2.03. The van der Waals surface area contributed by atoms with E-state index in [1.807, 2.05) is 69.1 Å². The Balaban J connectivity index is 2.03. The SMILES string of the molecule is O=c1c2cccn2c2sccc2n1Cc1ccccc1. The first-order chi connectivity index (χ1) is 9.84. The zero-order valence-electron chi connectivity index (χ0n) is 10.7. The van der Waals surface area contributed by atoms with E-state index in [1.54, 1.807) is 11.3 Å². The molecule has 20 heavy (non-hydrogen) atoms. The quantitative estimate of drug-likeness (QED) is 0.553. The average molecular weight is 280 g/mol. The van der Waals surface area contributed by atoms with Crippen LogP contribution >= 0.6 is 11.3 Å². The second kappa shape index (κ2) is 4.35. The van der Waals surface area contributed by atoms with Gasteiger partial charge in [0, 0.05) is 6.20 Å². The van der Waals surface area contributed by atoms with Crippen LogP contribution in [0.25, 0.3) is 15.9 Å². The minimum Gasteiger partial charge on any atom is -0.302 e. The Morgan fingerprint density at radius 3 is 2.65 bits per heavy atom. The molecule has 0 radical (unpaired) electrons. The molecule has 98 valence electrons. The summed E-state index contributed by atoms with van der Waals surface area (Å²) in [6.45, 7) is 0.606. The summed E-state index contributed by atoms with van der Waals surface area (Å²) >= 11 is 1.66. The molecule has 0 amide bonds. The highest BCUT2D eigenvalue weighted by molar-refractivity contribution is 7.16. The van der Waals surface area contributed by atoms with Gasteiger partial charge in [-0.25, -0.2) is 0 Å². The van der Waals surface area contributed by atoms with Crippen LogP contribution in [0.1, 0.15) is 5.56 Å². The van der Waals surface area contributed by atoms with E-state index in [4.69, 9.17) is 0 Å². The molecule has 3 aromatic heterocycles. The third kappa shape index (κ3) is 1.62. The van der Waals surface area contributed by atoms with Gasteiger partial charge in [-0.3, -0.25) is 9.36 Å². The number of aromatic nitrogens is 2. The predicted octanol–water partition coefficient (Wildman–Crippen LogP) is 3.36. The van der Waals surface area contributed by atoms with Gasteiger partial charge in [0.05, 0.1) is 12.1 Å². The first-order valence-electron chi connectivity index (χ1n) is 6.45. The van der Waals surface area contributed by atoms with Gasteiger partial charge in [0.1, 0.15) is 10.3 Å². The predicted molar refractivity (Wildman–Crippen MR) is 82.6 cm³/mol. The van der Waals surface area contributed by atoms with Crippen LogP contribution in [0.2, 0.25) is 0 Å². The summed E-state index contributed by atoms with van der Waals surface area (Å²) < 4.78 is 3.83. The maximum atomic E-state index is 12.7. The van der Waals surface area contributed by atoms with Gasteiger partial charge in [-0.2, -0.15) is 0 Å². The van der Waals surface area contributed by atoms with E-state index < -0.39 is 0 Å². The minimum absolute atomic E-state index is 0.0600. The zero-order chi connectivity index (χ0) is 13.5. The Morgan fingerprint density at radius 1 is 0.950 bits per heavy atom. The minimum atomic E-state index is 0.0600. The van der Waals surface area contributed by atoms with E-state index in [9.17, 15) is 4.79 Å². The maximum Gasteiger partial charge on any atom is 0.275 e. The molecule has 0 unspecified atom stereocenters. The molecule has 0 bridgehead atoms. The second-order valence-corrected chi connectivity index (χ2v) is 5.65. The lowest BCUT2D eigenvalue weighted by atomic mass is 10.2. The second-order valence-electron chi connectivity index (χ2n) is 4.75. The van der Waals surface area contributed by atoms with Crippen LogP contribution in [0, 0.1) is 0 Å². The number of rotatable bonds is 2. The fourth-order valence-electron chi connectivity index (χ4n) is 2.58. The molecule has 0 spiro atoms. The van der Waals surface area contributed by atoms with Gasteiger partial charge in [0.2, 0.25) is 0 Å². The Bertz CT molecular complexity index is 947. The summed E-state index contributed by atoms with van der Waals surface area (Å²) in [5.41, 5.74) is 2.92. The van der Waals surface area contributed by atoms with Crippen molar-refractivity contribution in [3.05, 3.63) is 76.0 Å². The number of benzene rings is 1. The van der Waals surface area contributed by atoms with Crippen LogP contribution in [-0.4, -0.2) is 8.97 Å². The average Bonchev–Trinajstić information content (AvgIpc) is 3.12. The standard InChI is InChI=1S/C16H12N2OS/c19-15-13-7-4-9-17(13)16-14(8-10-20-16)18(15)11-12-5-2-1-3-6-12/h1-10H,11H2. The van der Waals surface area contributed by atoms with Crippen molar-refractivity contribution in [1.29, 1.82) is 0 Å². The molecular weight excluding hydrogens is 268 g/mol. The van der Waals surface area contributed by atoms with Crippen LogP contribution < -0.4 is 5.56 Å². The van der Waals surface area contributed by atoms with Crippen LogP contribution in [-0.2, 0) is 6.54 Å². The Morgan fingerprint density at radius 2 is 1.80 bits per heavy atom. The fourth-order valence-corrected chi connectivity index (χ4v) is 3.48. The third-order valence-corrected chi connectivity index (χ3v) is 4.43. The van der Waals surface area contributed by atoms with Gasteiger partial charge < -0.3 is 4.40 Å². The molecule has 0 aliphatic heterocycles. The van der Waals surface area contributed by atoms with Crippen molar-refractivity contribution in [3.63, 3.8) is 0 Å². The lowest BCUT2D eigenvalue weighted by molar-refractivity contribution is 0.795. The molecule has 3 heterocycles. The molecule has 0 aliphatic carbocycles. The maximum absolute atomic E-state index is 12.7. The molecule has 0 saturated heterocycles. The summed E-state index contributed by atoms with van der Waals surface area (Å²) in [7, 11) is 0. The third-order valence-electron chi connectivity index (χ3n) is 3.53. The van der Waals surface area contributed by atoms with E-state index in [0.717, 1.165) is 21.4 Å². The summed E-state index contributed by atoms with van der Waals surface area (Å²) in [6.07, 6.45) is 1.95. The number of fused-ring (bicyclic) bond motifs is 3. The summed E-state index contributed by atoms with van der Waals surface area (Å²) in [5.74, 6) is 0. The van der Waals surface area contributed by atoms with Crippen LogP contribution in [0.4, 0.5) is 0 Å². The fraction of sp³-hybridized carbons (Fsp3) is 0.0625. The van der Waals surface area contributed by atoms with E-state index in [0.29, 0.717) is 6.54 Å². The number of hydrogen-bond donors (Lipinski definition) is 0. The van der Waals surface area contributed by atoms with Crippen molar-refractivity contribution >= 4 is 27.2 Å². The van der Waals surface area contributed by atoms with Crippen LogP contribution in [0.15, 0.2) is 64.9 Å². The molecule has 0 atom stereocenters. The van der Waals surface area contributed by atoms with Gasteiger partial charge >= 0.3 is 0 Å². The van der Waals surface area contributed by atoms with E-state index in [1.165, 1.54) is 0 Å². The normalized spacial score (nSPS) is 11.4. The van der Waals surface area contributed by atoms with E-state index in [-0.39, 0.29) is 5.56 Å². The monoisotopic (exact) mass is 280 g/mol. The van der Waals surface area contributed by atoms with Gasteiger partial charge in [0.25, 0.3) is 5.56 Å². The largest absolute Gasteiger partial charge is 0.302 e. The molecule has 0 saturated carbocycles. The first-order valence-corrected chi connectivity index (χ1v) is 7.33. The van der Waals surface area contributed by atoms with E-state index >= 15 is 0 Å². The highest BCUT2D eigenvalue weighted by Gasteiger charge is 2.11. The van der Waals surface area contributed by atoms with Crippen molar-refractivity contribution < 1.29 is 0 Å². The molecule has 0 aliphatic rings. The zero-order valence-corrected chi connectivity index (χ0v) is 11.5. The van der Waals surface area contributed by atoms with Gasteiger partial charge in [-0.15, -0.1) is 11.3 Å². The number of nitrogens with zero attached hydrogens (tertiary/aromatic N) is 2. The van der Waals surface area contributed by atoms with Gasteiger partial charge in [0.15, 0.2) is 0 Å². The molecule has 3 nitrogen and oxygen atoms in total. The van der Waals surface area contributed by atoms with Crippen molar-refractivity contribution in [1.82, 2.24) is 8.97 Å². The molecule has 4 rings (SSSR count). The van der Waals surface area contributed by atoms with Crippen molar-refractivity contribution in [3.8, 4) is 0 Å². The first kappa shape index (κ1) is 11.5. The number of thiophene rings is 1. The molecule has 4 heteroatoms. The molecular formula is C16H12N2OS. The number of hydrogen-bond acceptors (Lipinski definition) is 2. The molecule has 1 aromatic carbocycles. The van der Waals surface area contributed by atoms with Crippen molar-refractivity contribution in [2.75, 3.05) is 0 Å². The van der Waals surface area contributed by atoms with Gasteiger partial charge in [-0.05, 0) is 29.1 Å². The van der Waals surface area contributed by atoms with Crippen LogP contribution in [0.3, 0.4) is 0 Å². The van der Waals surface area contributed by atoms with Gasteiger partial charge in [-0.1, -0.05) is 30.3 Å². The summed E-state index contributed by atoms with van der Waals surface area (Å²) in [6, 6.07) is 15.9. The lowest BCUT2D eigenvalue weighted by Gasteiger charge is -2.09. The molecule has 4 aromatic rings. The smallest absolute Gasteiger partial charge is 0.275 e.